The summed E-state index contributed by atoms with van der Waals surface area (Å²) in [6.45, 7) is 4.26. The van der Waals surface area contributed by atoms with E-state index in [2.05, 4.69) is 5.32 Å². The van der Waals surface area contributed by atoms with Gasteiger partial charge in [-0.1, -0.05) is 17.7 Å². The number of hydrogen-bond donors (Lipinski definition) is 2. The van der Waals surface area contributed by atoms with Crippen molar-refractivity contribution >= 4 is 44.6 Å². The van der Waals surface area contributed by atoms with Crippen molar-refractivity contribution in [3.63, 3.8) is 0 Å². The summed E-state index contributed by atoms with van der Waals surface area (Å²) in [7, 11) is -3.40. The first-order chi connectivity index (χ1) is 12.4. The van der Waals surface area contributed by atoms with Crippen LogP contribution in [0.4, 0.5) is 5.69 Å². The molecular formula is C17H21ClN3O3S2+. The Bertz CT molecular complexity index is 877. The summed E-state index contributed by atoms with van der Waals surface area (Å²) < 4.78 is 26.9. The molecule has 1 saturated heterocycles. The fraction of sp³-hybridized carbons (Fsp3) is 0.353. The first kappa shape index (κ1) is 19.3. The highest BCUT2D eigenvalue weighted by Gasteiger charge is 2.31. The Labute approximate surface area is 162 Å². The van der Waals surface area contributed by atoms with Crippen LogP contribution < -0.4 is 10.2 Å². The average Bonchev–Trinajstić information content (AvgIpc) is 3.13. The lowest BCUT2D eigenvalue weighted by Crippen LogP contribution is -3.15. The van der Waals surface area contributed by atoms with Gasteiger partial charge in [-0.3, -0.25) is 4.79 Å². The van der Waals surface area contributed by atoms with E-state index in [1.54, 1.807) is 35.7 Å². The van der Waals surface area contributed by atoms with Crippen molar-refractivity contribution in [3.8, 4) is 0 Å². The number of hydrogen-bond acceptors (Lipinski definition) is 4. The summed E-state index contributed by atoms with van der Waals surface area (Å²) in [6, 6.07) is 8.70. The maximum absolute atomic E-state index is 12.5. The van der Waals surface area contributed by atoms with Gasteiger partial charge in [0.1, 0.15) is 4.21 Å². The molecule has 0 radical (unpaired) electrons. The van der Waals surface area contributed by atoms with Gasteiger partial charge in [-0.15, -0.1) is 11.3 Å². The SMILES string of the molecule is Cc1cc(Cl)ccc1NC(=O)C[NH+]1CCN(S(=O)(=O)c2cccs2)CC1. The molecule has 1 aromatic heterocycles. The molecular weight excluding hydrogens is 394 g/mol. The summed E-state index contributed by atoms with van der Waals surface area (Å²) in [6.07, 6.45) is 0. The van der Waals surface area contributed by atoms with E-state index < -0.39 is 10.0 Å². The van der Waals surface area contributed by atoms with E-state index in [1.165, 1.54) is 15.6 Å². The van der Waals surface area contributed by atoms with Gasteiger partial charge in [0.15, 0.2) is 6.54 Å². The number of piperazine rings is 1. The minimum absolute atomic E-state index is 0.0833. The highest BCUT2D eigenvalue weighted by Crippen LogP contribution is 2.21. The molecule has 140 valence electrons. The lowest BCUT2D eigenvalue weighted by Gasteiger charge is -2.30. The molecule has 0 saturated carbocycles. The van der Waals surface area contributed by atoms with Crippen molar-refractivity contribution < 1.29 is 18.1 Å². The van der Waals surface area contributed by atoms with Gasteiger partial charge in [-0.25, -0.2) is 8.42 Å². The lowest BCUT2D eigenvalue weighted by atomic mass is 10.2. The Morgan fingerprint density at radius 3 is 2.65 bits per heavy atom. The van der Waals surface area contributed by atoms with Gasteiger partial charge in [0.25, 0.3) is 15.9 Å². The predicted octanol–water partition coefficient (Wildman–Crippen LogP) is 1.24. The van der Waals surface area contributed by atoms with Gasteiger partial charge in [-0.2, -0.15) is 4.31 Å². The van der Waals surface area contributed by atoms with E-state index in [4.69, 9.17) is 11.6 Å². The quantitative estimate of drug-likeness (QED) is 0.773. The van der Waals surface area contributed by atoms with E-state index in [1.807, 2.05) is 6.92 Å². The zero-order chi connectivity index (χ0) is 18.7. The zero-order valence-corrected chi connectivity index (χ0v) is 16.8. The normalized spacial score (nSPS) is 16.5. The monoisotopic (exact) mass is 414 g/mol. The van der Waals surface area contributed by atoms with Crippen LogP contribution >= 0.6 is 22.9 Å². The number of anilines is 1. The van der Waals surface area contributed by atoms with Crippen LogP contribution in [0.3, 0.4) is 0 Å². The predicted molar refractivity (Wildman–Crippen MR) is 103 cm³/mol. The van der Waals surface area contributed by atoms with Crippen molar-refractivity contribution in [2.24, 2.45) is 0 Å². The summed E-state index contributed by atoms with van der Waals surface area (Å²) in [4.78, 5) is 13.4. The molecule has 0 atom stereocenters. The van der Waals surface area contributed by atoms with Gasteiger partial charge in [0.05, 0.1) is 26.2 Å². The van der Waals surface area contributed by atoms with E-state index in [9.17, 15) is 13.2 Å². The Kier molecular flexibility index (Phi) is 5.99. The number of thiophene rings is 1. The number of sulfonamides is 1. The molecule has 1 fully saturated rings. The number of rotatable bonds is 5. The third kappa shape index (κ3) is 4.44. The fourth-order valence-electron chi connectivity index (χ4n) is 2.95. The van der Waals surface area contributed by atoms with Crippen molar-refractivity contribution in [1.29, 1.82) is 0 Å². The number of aryl methyl sites for hydroxylation is 1. The molecule has 1 aliphatic heterocycles. The molecule has 1 aliphatic rings. The van der Waals surface area contributed by atoms with Gasteiger partial charge >= 0.3 is 0 Å². The van der Waals surface area contributed by atoms with Crippen molar-refractivity contribution in [1.82, 2.24) is 4.31 Å². The number of nitrogens with zero attached hydrogens (tertiary/aromatic N) is 1. The second kappa shape index (κ2) is 8.06. The molecule has 1 aromatic carbocycles. The van der Waals surface area contributed by atoms with E-state index in [-0.39, 0.29) is 5.91 Å². The molecule has 6 nitrogen and oxygen atoms in total. The van der Waals surface area contributed by atoms with Crippen LogP contribution in [0.5, 0.6) is 0 Å². The second-order valence-electron chi connectivity index (χ2n) is 6.27. The standard InChI is InChI=1S/C17H20ClN3O3S2/c1-13-11-14(18)4-5-15(13)19-16(22)12-20-6-8-21(9-7-20)26(23,24)17-3-2-10-25-17/h2-5,10-11H,6-9,12H2,1H3,(H,19,22)/p+1. The molecule has 2 N–H and O–H groups in total. The highest BCUT2D eigenvalue weighted by molar-refractivity contribution is 7.91. The molecule has 2 aromatic rings. The minimum Gasteiger partial charge on any atom is -0.325 e. The van der Waals surface area contributed by atoms with E-state index in [0.717, 1.165) is 16.2 Å². The first-order valence-corrected chi connectivity index (χ1v) is 11.0. The molecule has 0 spiro atoms. The Morgan fingerprint density at radius 2 is 2.04 bits per heavy atom. The number of halogens is 1. The number of amides is 1. The summed E-state index contributed by atoms with van der Waals surface area (Å²) in [5.74, 6) is -0.0833. The highest BCUT2D eigenvalue weighted by atomic mass is 35.5. The maximum Gasteiger partial charge on any atom is 0.279 e. The van der Waals surface area contributed by atoms with Gasteiger partial charge in [0, 0.05) is 10.7 Å². The van der Waals surface area contributed by atoms with Crippen LogP contribution in [0.1, 0.15) is 5.56 Å². The average molecular weight is 415 g/mol. The molecule has 2 heterocycles. The summed E-state index contributed by atoms with van der Waals surface area (Å²) >= 11 is 7.16. The Hall–Kier alpha value is -1.45. The van der Waals surface area contributed by atoms with Gasteiger partial charge in [-0.05, 0) is 42.1 Å². The maximum atomic E-state index is 12.5. The van der Waals surface area contributed by atoms with Crippen molar-refractivity contribution in [2.75, 3.05) is 38.0 Å². The lowest BCUT2D eigenvalue weighted by molar-refractivity contribution is -0.895. The third-order valence-electron chi connectivity index (χ3n) is 4.39. The minimum atomic E-state index is -3.40. The van der Waals surface area contributed by atoms with E-state index in [0.29, 0.717) is 42.0 Å². The number of carbonyl (C=O) groups is 1. The first-order valence-electron chi connectivity index (χ1n) is 8.29. The van der Waals surface area contributed by atoms with Crippen LogP contribution in [0.25, 0.3) is 0 Å². The molecule has 9 heteroatoms. The smallest absolute Gasteiger partial charge is 0.279 e. The van der Waals surface area contributed by atoms with Crippen molar-refractivity contribution in [3.05, 3.63) is 46.3 Å². The molecule has 0 unspecified atom stereocenters. The topological polar surface area (TPSA) is 70.9 Å². The zero-order valence-electron chi connectivity index (χ0n) is 14.4. The fourth-order valence-corrected chi connectivity index (χ4v) is 5.76. The van der Waals surface area contributed by atoms with E-state index >= 15 is 0 Å². The second-order valence-corrected chi connectivity index (χ2v) is 9.82. The molecule has 1 amide bonds. The van der Waals surface area contributed by atoms with Crippen LogP contribution in [0, 0.1) is 6.92 Å². The van der Waals surface area contributed by atoms with Crippen LogP contribution in [-0.2, 0) is 14.8 Å². The van der Waals surface area contributed by atoms with Crippen molar-refractivity contribution in [2.45, 2.75) is 11.1 Å². The number of carbonyl (C=O) groups excluding carboxylic acids is 1. The number of nitrogens with one attached hydrogen (secondary N) is 2. The molecule has 0 aliphatic carbocycles. The summed E-state index contributed by atoms with van der Waals surface area (Å²) in [5.41, 5.74) is 1.66. The third-order valence-corrected chi connectivity index (χ3v) is 7.90. The molecule has 3 rings (SSSR count). The summed E-state index contributed by atoms with van der Waals surface area (Å²) in [5, 5.41) is 5.29. The van der Waals surface area contributed by atoms with Gasteiger partial charge < -0.3 is 10.2 Å². The largest absolute Gasteiger partial charge is 0.325 e. The van der Waals surface area contributed by atoms with Crippen LogP contribution in [-0.4, -0.2) is 51.4 Å². The number of benzene rings is 1. The van der Waals surface area contributed by atoms with Crippen LogP contribution in [0.2, 0.25) is 5.02 Å². The molecule has 26 heavy (non-hydrogen) atoms. The molecule has 0 bridgehead atoms. The Morgan fingerprint density at radius 1 is 1.31 bits per heavy atom. The number of quaternary nitrogens is 1. The van der Waals surface area contributed by atoms with Gasteiger partial charge in [0.2, 0.25) is 0 Å². The Balaban J connectivity index is 1.53. The van der Waals surface area contributed by atoms with Crippen LogP contribution in [0.15, 0.2) is 39.9 Å².